The molecule has 6 nitrogen and oxygen atoms in total. The van der Waals surface area contributed by atoms with Crippen LogP contribution in [0.25, 0.3) is 0 Å². The van der Waals surface area contributed by atoms with Crippen molar-refractivity contribution in [3.63, 3.8) is 0 Å². The lowest BCUT2D eigenvalue weighted by Crippen LogP contribution is -2.32. The average molecular weight is 395 g/mol. The molecule has 2 aromatic rings. The topological polar surface area (TPSA) is 84.9 Å². The predicted molar refractivity (Wildman–Crippen MR) is 89.9 cm³/mol. The molecule has 0 saturated carbocycles. The number of carbonyl (C=O) groups excluding carboxylic acids is 1. The highest BCUT2D eigenvalue weighted by Gasteiger charge is 2.24. The van der Waals surface area contributed by atoms with Gasteiger partial charge in [-0.2, -0.15) is 0 Å². The standard InChI is InChI=1S/C19H16F3NO5/c20-12-1-2-14(15(22)6-12)16(7-18(25)26)23-17(24)5-10-3-13(21)4-11-8-27-9-28-19(10)11/h1-4,6,16H,5,7-9H2,(H,23,24)(H,25,26)/t16-/m0/s1. The van der Waals surface area contributed by atoms with Gasteiger partial charge in [-0.05, 0) is 18.2 Å². The van der Waals surface area contributed by atoms with Gasteiger partial charge in [0.05, 0.1) is 25.5 Å². The zero-order chi connectivity index (χ0) is 20.3. The summed E-state index contributed by atoms with van der Waals surface area (Å²) < 4.78 is 51.4. The Bertz CT molecular complexity index is 919. The summed E-state index contributed by atoms with van der Waals surface area (Å²) in [7, 11) is 0. The normalized spacial score (nSPS) is 14.0. The number of aliphatic carboxylic acids is 1. The summed E-state index contributed by atoms with van der Waals surface area (Å²) in [5.74, 6) is -4.01. The van der Waals surface area contributed by atoms with Crippen LogP contribution in [-0.2, 0) is 27.4 Å². The minimum absolute atomic E-state index is 0.0460. The van der Waals surface area contributed by atoms with Crippen molar-refractivity contribution in [1.29, 1.82) is 0 Å². The Hall–Kier alpha value is -3.07. The van der Waals surface area contributed by atoms with Gasteiger partial charge < -0.3 is 19.9 Å². The zero-order valence-electron chi connectivity index (χ0n) is 14.5. The smallest absolute Gasteiger partial charge is 0.305 e. The van der Waals surface area contributed by atoms with E-state index in [0.29, 0.717) is 17.4 Å². The molecule has 0 aromatic heterocycles. The van der Waals surface area contributed by atoms with Crippen LogP contribution >= 0.6 is 0 Å². The van der Waals surface area contributed by atoms with Gasteiger partial charge in [0.25, 0.3) is 0 Å². The van der Waals surface area contributed by atoms with Crippen LogP contribution < -0.4 is 10.1 Å². The van der Waals surface area contributed by atoms with Crippen LogP contribution in [0.15, 0.2) is 30.3 Å². The number of hydrogen-bond acceptors (Lipinski definition) is 4. The third-order valence-electron chi connectivity index (χ3n) is 4.15. The Balaban J connectivity index is 1.81. The summed E-state index contributed by atoms with van der Waals surface area (Å²) >= 11 is 0. The number of benzene rings is 2. The largest absolute Gasteiger partial charge is 0.481 e. The van der Waals surface area contributed by atoms with E-state index in [-0.39, 0.29) is 30.9 Å². The number of hydrogen-bond donors (Lipinski definition) is 2. The first-order valence-electron chi connectivity index (χ1n) is 8.31. The molecule has 9 heteroatoms. The van der Waals surface area contributed by atoms with Gasteiger partial charge in [-0.3, -0.25) is 9.59 Å². The molecule has 1 atom stereocenters. The fourth-order valence-electron chi connectivity index (χ4n) is 3.00. The molecule has 1 aliphatic heterocycles. The van der Waals surface area contributed by atoms with Crippen LogP contribution in [0.2, 0.25) is 0 Å². The van der Waals surface area contributed by atoms with Gasteiger partial charge in [0.1, 0.15) is 23.2 Å². The molecule has 0 spiro atoms. The molecular formula is C19H16F3NO5. The summed E-state index contributed by atoms with van der Waals surface area (Å²) in [4.78, 5) is 23.5. The Labute approximate surface area is 157 Å². The molecule has 1 amide bonds. The van der Waals surface area contributed by atoms with E-state index in [9.17, 15) is 22.8 Å². The molecule has 0 fully saturated rings. The van der Waals surface area contributed by atoms with Crippen LogP contribution in [-0.4, -0.2) is 23.8 Å². The summed E-state index contributed by atoms with van der Waals surface area (Å²) in [5, 5.41) is 11.5. The number of carbonyl (C=O) groups is 2. The summed E-state index contributed by atoms with van der Waals surface area (Å²) in [6, 6.07) is 3.79. The molecule has 0 saturated heterocycles. The Morgan fingerprint density at radius 2 is 1.93 bits per heavy atom. The number of carboxylic acids is 1. The van der Waals surface area contributed by atoms with Crippen LogP contribution in [0.1, 0.15) is 29.2 Å². The molecule has 2 aromatic carbocycles. The van der Waals surface area contributed by atoms with Crippen molar-refractivity contribution in [3.8, 4) is 5.75 Å². The first-order chi connectivity index (χ1) is 13.3. The maximum atomic E-state index is 14.0. The Morgan fingerprint density at radius 1 is 1.14 bits per heavy atom. The zero-order valence-corrected chi connectivity index (χ0v) is 14.5. The van der Waals surface area contributed by atoms with Gasteiger partial charge in [-0.25, -0.2) is 13.2 Å². The second kappa shape index (κ2) is 8.30. The number of fused-ring (bicyclic) bond motifs is 1. The van der Waals surface area contributed by atoms with Gasteiger partial charge in [0, 0.05) is 22.8 Å². The number of amides is 1. The van der Waals surface area contributed by atoms with Gasteiger partial charge >= 0.3 is 5.97 Å². The maximum absolute atomic E-state index is 14.0. The second-order valence-corrected chi connectivity index (χ2v) is 6.22. The van der Waals surface area contributed by atoms with E-state index in [1.807, 2.05) is 0 Å². The maximum Gasteiger partial charge on any atom is 0.305 e. The van der Waals surface area contributed by atoms with Gasteiger partial charge in [-0.1, -0.05) is 6.07 Å². The lowest BCUT2D eigenvalue weighted by molar-refractivity contribution is -0.137. The Kier molecular flexibility index (Phi) is 5.84. The number of rotatable bonds is 6. The molecule has 2 N–H and O–H groups in total. The molecule has 1 heterocycles. The average Bonchev–Trinajstić information content (AvgIpc) is 2.60. The van der Waals surface area contributed by atoms with Crippen molar-refractivity contribution in [2.24, 2.45) is 0 Å². The van der Waals surface area contributed by atoms with Crippen molar-refractivity contribution in [2.45, 2.75) is 25.5 Å². The minimum atomic E-state index is -1.28. The van der Waals surface area contributed by atoms with Crippen LogP contribution in [0, 0.1) is 17.5 Å². The third-order valence-corrected chi connectivity index (χ3v) is 4.15. The molecule has 1 aliphatic rings. The van der Waals surface area contributed by atoms with Crippen molar-refractivity contribution in [1.82, 2.24) is 5.32 Å². The number of halogens is 3. The number of ether oxygens (including phenoxy) is 2. The molecule has 0 radical (unpaired) electrons. The van der Waals surface area contributed by atoms with E-state index in [4.69, 9.17) is 14.6 Å². The van der Waals surface area contributed by atoms with Crippen molar-refractivity contribution in [2.75, 3.05) is 6.79 Å². The van der Waals surface area contributed by atoms with E-state index < -0.39 is 41.8 Å². The van der Waals surface area contributed by atoms with E-state index in [1.54, 1.807) is 0 Å². The molecule has 0 bridgehead atoms. The fraction of sp³-hybridized carbons (Fsp3) is 0.263. The van der Waals surface area contributed by atoms with Gasteiger partial charge in [0.2, 0.25) is 5.91 Å². The highest BCUT2D eigenvalue weighted by molar-refractivity contribution is 5.81. The molecular weight excluding hydrogens is 379 g/mol. The number of nitrogens with one attached hydrogen (secondary N) is 1. The van der Waals surface area contributed by atoms with Gasteiger partial charge in [0.15, 0.2) is 6.79 Å². The van der Waals surface area contributed by atoms with Crippen LogP contribution in [0.5, 0.6) is 5.75 Å². The predicted octanol–water partition coefficient (Wildman–Crippen LogP) is 2.85. The Morgan fingerprint density at radius 3 is 2.64 bits per heavy atom. The minimum Gasteiger partial charge on any atom is -0.481 e. The van der Waals surface area contributed by atoms with Gasteiger partial charge in [-0.15, -0.1) is 0 Å². The quantitative estimate of drug-likeness (QED) is 0.786. The lowest BCUT2D eigenvalue weighted by Gasteiger charge is -2.22. The summed E-state index contributed by atoms with van der Waals surface area (Å²) in [5.41, 5.74) is 0.535. The van der Waals surface area contributed by atoms with E-state index in [1.165, 1.54) is 6.07 Å². The molecule has 148 valence electrons. The van der Waals surface area contributed by atoms with E-state index in [0.717, 1.165) is 18.2 Å². The number of carboxylic acid groups (broad SMARTS) is 1. The van der Waals surface area contributed by atoms with Crippen molar-refractivity contribution >= 4 is 11.9 Å². The van der Waals surface area contributed by atoms with Crippen molar-refractivity contribution in [3.05, 3.63) is 64.5 Å². The van der Waals surface area contributed by atoms with E-state index in [2.05, 4.69) is 5.32 Å². The monoisotopic (exact) mass is 395 g/mol. The second-order valence-electron chi connectivity index (χ2n) is 6.22. The first kappa shape index (κ1) is 19.7. The van der Waals surface area contributed by atoms with Crippen molar-refractivity contribution < 1.29 is 37.3 Å². The SMILES string of the molecule is O=C(O)C[C@H](NC(=O)Cc1cc(F)cc2c1OCOC2)c1ccc(F)cc1F. The fourth-order valence-corrected chi connectivity index (χ4v) is 3.00. The van der Waals surface area contributed by atoms with Crippen LogP contribution in [0.4, 0.5) is 13.2 Å². The highest BCUT2D eigenvalue weighted by atomic mass is 19.1. The van der Waals surface area contributed by atoms with Crippen LogP contribution in [0.3, 0.4) is 0 Å². The highest BCUT2D eigenvalue weighted by Crippen LogP contribution is 2.30. The summed E-state index contributed by atoms with van der Waals surface area (Å²) in [6.07, 6.45) is -0.932. The molecule has 28 heavy (non-hydrogen) atoms. The first-order valence-corrected chi connectivity index (χ1v) is 8.31. The molecule has 3 rings (SSSR count). The summed E-state index contributed by atoms with van der Waals surface area (Å²) in [6.45, 7) is 0.0832. The van der Waals surface area contributed by atoms with E-state index >= 15 is 0 Å². The lowest BCUT2D eigenvalue weighted by atomic mass is 10.0. The molecule has 0 unspecified atom stereocenters. The molecule has 0 aliphatic carbocycles. The third kappa shape index (κ3) is 4.61.